The van der Waals surface area contributed by atoms with Gasteiger partial charge in [0.2, 0.25) is 5.95 Å². The molecule has 0 spiro atoms. The van der Waals surface area contributed by atoms with Crippen LogP contribution in [0, 0.1) is 11.8 Å². The van der Waals surface area contributed by atoms with Gasteiger partial charge in [-0.05, 0) is 31.9 Å². The van der Waals surface area contributed by atoms with Crippen LogP contribution in [0.25, 0.3) is 0 Å². The van der Waals surface area contributed by atoms with Crippen molar-refractivity contribution in [3.05, 3.63) is 70.6 Å². The summed E-state index contributed by atoms with van der Waals surface area (Å²) in [7, 11) is 1.00. The van der Waals surface area contributed by atoms with Gasteiger partial charge in [-0.15, -0.1) is 11.8 Å². The molecule has 2 aromatic rings. The summed E-state index contributed by atoms with van der Waals surface area (Å²) in [6.07, 6.45) is 11.6. The van der Waals surface area contributed by atoms with Crippen molar-refractivity contribution in [2.45, 2.75) is 95.9 Å². The Morgan fingerprint density at radius 3 is 2.53 bits per heavy atom. The van der Waals surface area contributed by atoms with Gasteiger partial charge in [-0.1, -0.05) is 39.5 Å². The standard InChI is InChI=1S/C27H32F2N8O4S.C2H6O.C2H6.CH4O/c28-19-7-8-22(29)34-24(19)25-20(12-37(35-25)18-5-3-1-2-4-6-18)32-26(40)21-14-42-27(33-21)16-10-31-36(11-16)15-41-23(39)9-17(30)13-38;1-2-3;2*1-2/h7-8,10-14,17-18,25,27,33,35H,1-6,9,15,30H2,(H,32,40);3H,2H2,1H3;1-2H3;2H,1H3. The van der Waals surface area contributed by atoms with Gasteiger partial charge in [0.15, 0.2) is 6.73 Å². The number of nitrogens with two attached hydrogens (primary N) is 1. The fourth-order valence-electron chi connectivity index (χ4n) is 5.02. The highest BCUT2D eigenvalue weighted by molar-refractivity contribution is 8.02. The molecule has 2 aliphatic heterocycles. The number of ether oxygens (including phenoxy) is 1. The van der Waals surface area contributed by atoms with E-state index in [2.05, 4.69) is 26.1 Å². The number of nitrogens with zero attached hydrogens (tertiary/aromatic N) is 4. The smallest absolute Gasteiger partial charge is 0.309 e. The van der Waals surface area contributed by atoms with E-state index < -0.39 is 35.7 Å². The first kappa shape index (κ1) is 41.3. The summed E-state index contributed by atoms with van der Waals surface area (Å²) in [6.45, 7) is 5.77. The molecule has 1 aliphatic carbocycles. The van der Waals surface area contributed by atoms with Crippen LogP contribution in [0.5, 0.6) is 0 Å². The van der Waals surface area contributed by atoms with E-state index in [0.29, 0.717) is 12.0 Å². The lowest BCUT2D eigenvalue weighted by atomic mass is 10.1. The Morgan fingerprint density at radius 2 is 1.88 bits per heavy atom. The van der Waals surface area contributed by atoms with Crippen molar-refractivity contribution in [3.63, 3.8) is 0 Å². The van der Waals surface area contributed by atoms with Crippen molar-refractivity contribution in [2.24, 2.45) is 5.73 Å². The van der Waals surface area contributed by atoms with Crippen molar-refractivity contribution in [3.8, 4) is 0 Å². The number of aliphatic hydroxyl groups excluding tert-OH is 2. The molecule has 1 saturated carbocycles. The fraction of sp³-hybridized carbons (Fsp3) is 0.531. The Bertz CT molecular complexity index is 1400. The highest BCUT2D eigenvalue weighted by atomic mass is 32.2. The van der Waals surface area contributed by atoms with Crippen LogP contribution in [0.1, 0.15) is 88.4 Å². The van der Waals surface area contributed by atoms with Crippen molar-refractivity contribution in [1.82, 2.24) is 35.8 Å². The second kappa shape index (κ2) is 21.9. The zero-order valence-corrected chi connectivity index (χ0v) is 29.1. The summed E-state index contributed by atoms with van der Waals surface area (Å²) in [5, 5.41) is 28.0. The third-order valence-electron chi connectivity index (χ3n) is 7.20. The van der Waals surface area contributed by atoms with Gasteiger partial charge < -0.3 is 41.1 Å². The highest BCUT2D eigenvalue weighted by Crippen LogP contribution is 2.35. The molecule has 272 valence electrons. The number of aliphatic hydroxyl groups is 2. The summed E-state index contributed by atoms with van der Waals surface area (Å²) in [5.41, 5.74) is 9.89. The van der Waals surface area contributed by atoms with Crippen LogP contribution in [0.15, 0.2) is 47.5 Å². The summed E-state index contributed by atoms with van der Waals surface area (Å²) in [4.78, 5) is 39.4. The lowest BCUT2D eigenvalue weighted by Crippen LogP contribution is -2.40. The first-order chi connectivity index (χ1) is 23.7. The molecule has 4 heterocycles. The number of amides is 1. The molecule has 2 aromatic heterocycles. The van der Waals surface area contributed by atoms with Gasteiger partial charge in [0.25, 0.3) is 5.91 Å². The summed E-state index contributed by atoms with van der Waals surface area (Å²) >= 11 is 1.35. The lowest BCUT2D eigenvalue weighted by molar-refractivity contribution is -0.148. The Hall–Kier alpha value is -3.90. The predicted molar refractivity (Wildman–Crippen MR) is 180 cm³/mol. The van der Waals surface area contributed by atoms with Crippen LogP contribution in [0.3, 0.4) is 0 Å². The normalized spacial score (nSPS) is 19.2. The molecule has 49 heavy (non-hydrogen) atoms. The number of hydrogen-bond donors (Lipinski definition) is 6. The number of halogens is 2. The van der Waals surface area contributed by atoms with Crippen LogP contribution >= 0.6 is 11.8 Å². The second-order valence-corrected chi connectivity index (χ2v) is 11.6. The molecular formula is C32H48F2N8O6S. The average Bonchev–Trinajstić information content (AvgIpc) is 3.84. The van der Waals surface area contributed by atoms with Gasteiger partial charge >= 0.3 is 5.97 Å². The van der Waals surface area contributed by atoms with Crippen LogP contribution in [0.4, 0.5) is 8.78 Å². The van der Waals surface area contributed by atoms with Crippen LogP contribution in [-0.4, -0.2) is 73.9 Å². The van der Waals surface area contributed by atoms with Crippen LogP contribution in [0.2, 0.25) is 0 Å². The van der Waals surface area contributed by atoms with E-state index in [4.69, 9.17) is 20.7 Å². The van der Waals surface area contributed by atoms with E-state index in [1.165, 1.54) is 16.4 Å². The number of hydrazine groups is 1. The number of carbonyl (C=O) groups excluding carboxylic acids is 3. The molecule has 0 saturated heterocycles. The van der Waals surface area contributed by atoms with Gasteiger partial charge in [-0.25, -0.2) is 19.5 Å². The number of rotatable bonds is 10. The molecule has 17 heteroatoms. The van der Waals surface area contributed by atoms with Gasteiger partial charge in [-0.2, -0.15) is 9.49 Å². The first-order valence-corrected chi connectivity index (χ1v) is 17.1. The molecule has 1 fully saturated rings. The number of esters is 1. The number of aldehydes is 1. The molecule has 5 rings (SSSR count). The highest BCUT2D eigenvalue weighted by Gasteiger charge is 2.35. The summed E-state index contributed by atoms with van der Waals surface area (Å²) in [6, 6.07) is 0.341. The zero-order valence-electron chi connectivity index (χ0n) is 28.3. The van der Waals surface area contributed by atoms with Gasteiger partial charge in [0.05, 0.1) is 24.4 Å². The van der Waals surface area contributed by atoms with Gasteiger partial charge in [-0.3, -0.25) is 9.59 Å². The maximum Gasteiger partial charge on any atom is 0.309 e. The van der Waals surface area contributed by atoms with E-state index >= 15 is 0 Å². The molecular weight excluding hydrogens is 662 g/mol. The van der Waals surface area contributed by atoms with E-state index in [1.54, 1.807) is 30.9 Å². The number of carbonyl (C=O) groups is 3. The monoisotopic (exact) mass is 710 g/mol. The molecule has 1 amide bonds. The van der Waals surface area contributed by atoms with E-state index in [9.17, 15) is 23.2 Å². The molecule has 7 N–H and O–H groups in total. The van der Waals surface area contributed by atoms with Crippen molar-refractivity contribution < 1.29 is 38.1 Å². The number of aromatic nitrogens is 3. The van der Waals surface area contributed by atoms with Crippen LogP contribution < -0.4 is 21.8 Å². The SMILES string of the molecule is CC.CCO.CO.NC(C=O)CC(=O)OCn1cc(C2NC(C(=O)NC3=CN(C4CCCCCC4)NC3c3nc(F)ccc3F)=CS2)cn1. The largest absolute Gasteiger partial charge is 0.442 e. The van der Waals surface area contributed by atoms with E-state index in [-0.39, 0.29) is 42.6 Å². The number of pyridine rings is 1. The number of hydrogen-bond acceptors (Lipinski definition) is 13. The zero-order chi connectivity index (χ0) is 36.3. The van der Waals surface area contributed by atoms with E-state index in [0.717, 1.165) is 63.3 Å². The third-order valence-corrected chi connectivity index (χ3v) is 8.23. The Morgan fingerprint density at radius 1 is 1.20 bits per heavy atom. The molecule has 0 bridgehead atoms. The van der Waals surface area contributed by atoms with E-state index in [1.807, 2.05) is 18.9 Å². The third kappa shape index (κ3) is 12.5. The topological polar surface area (TPSA) is 197 Å². The first-order valence-electron chi connectivity index (χ1n) is 16.2. The Kier molecular flexibility index (Phi) is 18.5. The average molecular weight is 711 g/mol. The second-order valence-electron chi connectivity index (χ2n) is 10.6. The predicted octanol–water partition coefficient (Wildman–Crippen LogP) is 3.02. The maximum atomic E-state index is 14.8. The summed E-state index contributed by atoms with van der Waals surface area (Å²) < 4.78 is 35.3. The molecule has 0 aromatic carbocycles. The van der Waals surface area contributed by atoms with Crippen molar-refractivity contribution in [1.29, 1.82) is 0 Å². The fourth-order valence-corrected chi connectivity index (χ4v) is 5.94. The molecule has 0 radical (unpaired) electrons. The molecule has 3 aliphatic rings. The van der Waals surface area contributed by atoms with Gasteiger partial charge in [0.1, 0.15) is 34.9 Å². The van der Waals surface area contributed by atoms with Crippen molar-refractivity contribution in [2.75, 3.05) is 13.7 Å². The maximum absolute atomic E-state index is 14.8. The van der Waals surface area contributed by atoms with Crippen LogP contribution in [-0.2, 0) is 25.9 Å². The Balaban J connectivity index is 0.00000111. The van der Waals surface area contributed by atoms with Gasteiger partial charge in [0, 0.05) is 43.1 Å². The quantitative estimate of drug-likeness (QED) is 0.0912. The minimum absolute atomic E-state index is 0.139. The van der Waals surface area contributed by atoms with Crippen molar-refractivity contribution >= 4 is 29.9 Å². The molecule has 3 atom stereocenters. The molecule has 14 nitrogen and oxygen atoms in total. The number of nitrogens with one attached hydrogen (secondary N) is 3. The Labute approximate surface area is 289 Å². The lowest BCUT2D eigenvalue weighted by Gasteiger charge is -2.28. The number of thioether (sulfide) groups is 1. The summed E-state index contributed by atoms with van der Waals surface area (Å²) in [5.74, 6) is -2.57. The minimum atomic E-state index is -0.921. The molecule has 3 unspecified atom stereocenters. The minimum Gasteiger partial charge on any atom is -0.442 e.